The Morgan fingerprint density at radius 2 is 2.20 bits per heavy atom. The molecule has 0 fully saturated rings. The molecule has 10 heavy (non-hydrogen) atoms. The molecule has 0 saturated heterocycles. The number of rotatable bonds is 0. The molecule has 0 spiro atoms. The summed E-state index contributed by atoms with van der Waals surface area (Å²) in [6, 6.07) is 0. The lowest BCUT2D eigenvalue weighted by atomic mass is 9.96. The summed E-state index contributed by atoms with van der Waals surface area (Å²) < 4.78 is 0. The summed E-state index contributed by atoms with van der Waals surface area (Å²) in [5.74, 6) is 0. The molecule has 1 radical (unpaired) electrons. The van der Waals surface area contributed by atoms with Gasteiger partial charge in [0.15, 0.2) is 5.70 Å². The van der Waals surface area contributed by atoms with Gasteiger partial charge in [-0.25, -0.2) is 0 Å². The van der Waals surface area contributed by atoms with Crippen molar-refractivity contribution in [1.82, 2.24) is 10.3 Å². The third-order valence-corrected chi connectivity index (χ3v) is 2.18. The zero-order valence-corrected chi connectivity index (χ0v) is 6.06. The molecular formula is C8H12N2+. The fourth-order valence-electron chi connectivity index (χ4n) is 1.59. The molecule has 1 aliphatic carbocycles. The van der Waals surface area contributed by atoms with Crippen LogP contribution in [0.4, 0.5) is 0 Å². The highest BCUT2D eigenvalue weighted by atomic mass is 15.0. The summed E-state index contributed by atoms with van der Waals surface area (Å²) >= 11 is 0. The SMILES string of the molecule is C1=[N+]C2=C(CCCC2)CN1. The Hall–Kier alpha value is -0.790. The highest BCUT2D eigenvalue weighted by Gasteiger charge is 2.19. The van der Waals surface area contributed by atoms with Crippen molar-refractivity contribution < 1.29 is 0 Å². The summed E-state index contributed by atoms with van der Waals surface area (Å²) in [5, 5.41) is 3.13. The second kappa shape index (κ2) is 2.45. The van der Waals surface area contributed by atoms with Gasteiger partial charge in [-0.15, -0.1) is 0 Å². The lowest BCUT2D eigenvalue weighted by Gasteiger charge is -2.13. The van der Waals surface area contributed by atoms with Crippen LogP contribution in [0.5, 0.6) is 0 Å². The molecule has 0 bridgehead atoms. The number of nitrogens with zero attached hydrogens (tertiary/aromatic N) is 1. The first kappa shape index (κ1) is 5.96. The Morgan fingerprint density at radius 3 is 3.10 bits per heavy atom. The maximum absolute atomic E-state index is 4.29. The van der Waals surface area contributed by atoms with Crippen LogP contribution in [0, 0.1) is 0 Å². The topological polar surface area (TPSA) is 26.1 Å². The molecule has 2 nitrogen and oxygen atoms in total. The van der Waals surface area contributed by atoms with E-state index < -0.39 is 0 Å². The Balaban J connectivity index is 2.23. The molecule has 0 amide bonds. The first-order chi connectivity index (χ1) is 4.97. The Morgan fingerprint density at radius 1 is 1.30 bits per heavy atom. The molecule has 2 aliphatic rings. The molecule has 0 atom stereocenters. The van der Waals surface area contributed by atoms with Crippen LogP contribution in [-0.4, -0.2) is 12.9 Å². The van der Waals surface area contributed by atoms with Crippen molar-refractivity contribution in [3.8, 4) is 0 Å². The summed E-state index contributed by atoms with van der Waals surface area (Å²) in [6.07, 6.45) is 6.98. The lowest BCUT2D eigenvalue weighted by Crippen LogP contribution is -2.26. The molecule has 2 heteroatoms. The average Bonchev–Trinajstić information content (AvgIpc) is 2.05. The summed E-state index contributed by atoms with van der Waals surface area (Å²) in [5.41, 5.74) is 2.89. The zero-order valence-electron chi connectivity index (χ0n) is 6.06. The van der Waals surface area contributed by atoms with Gasteiger partial charge in [-0.1, -0.05) is 4.99 Å². The van der Waals surface area contributed by atoms with E-state index in [0.717, 1.165) is 6.54 Å². The third-order valence-electron chi connectivity index (χ3n) is 2.18. The first-order valence-corrected chi connectivity index (χ1v) is 3.93. The van der Waals surface area contributed by atoms with Crippen molar-refractivity contribution in [1.29, 1.82) is 0 Å². The molecule has 0 aromatic carbocycles. The zero-order chi connectivity index (χ0) is 6.81. The van der Waals surface area contributed by atoms with Crippen molar-refractivity contribution >= 4 is 6.34 Å². The van der Waals surface area contributed by atoms with Crippen molar-refractivity contribution in [3.05, 3.63) is 11.3 Å². The normalized spacial score (nSPS) is 24.0. The van der Waals surface area contributed by atoms with Crippen molar-refractivity contribution in [3.63, 3.8) is 0 Å². The molecule has 0 saturated carbocycles. The molecular weight excluding hydrogens is 124 g/mol. The average molecular weight is 136 g/mol. The van der Waals surface area contributed by atoms with Crippen molar-refractivity contribution in [2.75, 3.05) is 6.54 Å². The van der Waals surface area contributed by atoms with Crippen LogP contribution in [0.3, 0.4) is 0 Å². The number of hydrogen-bond acceptors (Lipinski definition) is 2. The maximum Gasteiger partial charge on any atom is 0.279 e. The monoisotopic (exact) mass is 136 g/mol. The quantitative estimate of drug-likeness (QED) is 0.523. The predicted molar refractivity (Wildman–Crippen MR) is 41.7 cm³/mol. The van der Waals surface area contributed by atoms with Crippen LogP contribution >= 0.6 is 0 Å². The molecule has 1 N–H and O–H groups in total. The van der Waals surface area contributed by atoms with Crippen LogP contribution in [-0.2, 0) is 0 Å². The number of hydrogen-bond donors (Lipinski definition) is 1. The first-order valence-electron chi connectivity index (χ1n) is 3.93. The van der Waals surface area contributed by atoms with Gasteiger partial charge in [0.2, 0.25) is 0 Å². The second-order valence-electron chi connectivity index (χ2n) is 2.90. The summed E-state index contributed by atoms with van der Waals surface area (Å²) in [6.45, 7) is 1.04. The molecule has 0 aromatic rings. The largest absolute Gasteiger partial charge is 0.279 e. The Labute approximate surface area is 61.0 Å². The van der Waals surface area contributed by atoms with Gasteiger partial charge in [0.25, 0.3) is 6.34 Å². The minimum Gasteiger partial charge on any atom is -0.273 e. The fraction of sp³-hybridized carbons (Fsp3) is 0.625. The molecule has 1 aliphatic heterocycles. The van der Waals surface area contributed by atoms with E-state index in [4.69, 9.17) is 0 Å². The lowest BCUT2D eigenvalue weighted by molar-refractivity contribution is 0.631. The van der Waals surface area contributed by atoms with E-state index >= 15 is 0 Å². The van der Waals surface area contributed by atoms with E-state index in [9.17, 15) is 0 Å². The second-order valence-corrected chi connectivity index (χ2v) is 2.90. The van der Waals surface area contributed by atoms with Crippen LogP contribution in [0.25, 0.3) is 0 Å². The van der Waals surface area contributed by atoms with Crippen molar-refractivity contribution in [2.45, 2.75) is 25.7 Å². The molecule has 1 heterocycles. The van der Waals surface area contributed by atoms with Gasteiger partial charge in [0, 0.05) is 12.0 Å². The smallest absolute Gasteiger partial charge is 0.273 e. The van der Waals surface area contributed by atoms with E-state index in [2.05, 4.69) is 10.3 Å². The van der Waals surface area contributed by atoms with Gasteiger partial charge in [-0.05, 0) is 19.3 Å². The Kier molecular flexibility index (Phi) is 1.46. The van der Waals surface area contributed by atoms with Gasteiger partial charge in [-0.3, -0.25) is 5.32 Å². The van der Waals surface area contributed by atoms with E-state index in [1.165, 1.54) is 37.0 Å². The van der Waals surface area contributed by atoms with Crippen LogP contribution in [0.15, 0.2) is 11.3 Å². The van der Waals surface area contributed by atoms with Crippen molar-refractivity contribution in [2.24, 2.45) is 0 Å². The van der Waals surface area contributed by atoms with Gasteiger partial charge in [-0.2, -0.15) is 0 Å². The molecule has 0 unspecified atom stereocenters. The standard InChI is InChI=1S/C8H12N2/c1-2-4-8-7(3-1)5-9-6-10-8/h6,9H,1-5H2/q+1. The Bertz CT molecular complexity index is 191. The highest BCUT2D eigenvalue weighted by Crippen LogP contribution is 2.22. The molecule has 53 valence electrons. The van der Waals surface area contributed by atoms with E-state index in [-0.39, 0.29) is 0 Å². The highest BCUT2D eigenvalue weighted by molar-refractivity contribution is 5.57. The minimum atomic E-state index is 1.04. The number of nitrogens with one attached hydrogen (secondary N) is 1. The van der Waals surface area contributed by atoms with Crippen LogP contribution < -0.4 is 10.3 Å². The summed E-state index contributed by atoms with van der Waals surface area (Å²) in [7, 11) is 0. The van der Waals surface area contributed by atoms with Crippen LogP contribution in [0.2, 0.25) is 0 Å². The predicted octanol–water partition coefficient (Wildman–Crippen LogP) is 0.782. The molecule has 0 aromatic heterocycles. The van der Waals surface area contributed by atoms with E-state index in [1.807, 2.05) is 6.34 Å². The van der Waals surface area contributed by atoms with Gasteiger partial charge in [0.1, 0.15) is 6.54 Å². The number of aliphatic imine (C=N–C) groups is 1. The van der Waals surface area contributed by atoms with Crippen LogP contribution in [0.1, 0.15) is 25.7 Å². The fourth-order valence-corrected chi connectivity index (χ4v) is 1.59. The maximum atomic E-state index is 4.29. The summed E-state index contributed by atoms with van der Waals surface area (Å²) in [4.78, 5) is 4.29. The number of allylic oxidation sites excluding steroid dienone is 1. The minimum absolute atomic E-state index is 1.04. The third kappa shape index (κ3) is 0.939. The van der Waals surface area contributed by atoms with E-state index in [0.29, 0.717) is 0 Å². The van der Waals surface area contributed by atoms with Gasteiger partial charge < -0.3 is 0 Å². The van der Waals surface area contributed by atoms with E-state index in [1.54, 1.807) is 0 Å². The van der Waals surface area contributed by atoms with Gasteiger partial charge in [0.05, 0.1) is 0 Å². The van der Waals surface area contributed by atoms with Gasteiger partial charge >= 0.3 is 0 Å². The molecule has 2 rings (SSSR count).